The van der Waals surface area contributed by atoms with Gasteiger partial charge in [-0.05, 0) is 29.3 Å². The molecule has 20 heavy (non-hydrogen) atoms. The van der Waals surface area contributed by atoms with Crippen molar-refractivity contribution in [3.8, 4) is 0 Å². The van der Waals surface area contributed by atoms with Crippen molar-refractivity contribution in [3.63, 3.8) is 0 Å². The van der Waals surface area contributed by atoms with Crippen LogP contribution in [0.15, 0.2) is 53.9 Å². The van der Waals surface area contributed by atoms with E-state index in [1.807, 2.05) is 11.4 Å². The van der Waals surface area contributed by atoms with Crippen molar-refractivity contribution in [2.45, 2.75) is 19.5 Å². The van der Waals surface area contributed by atoms with Crippen molar-refractivity contribution >= 4 is 33.7 Å². The Hall–Kier alpha value is -1.35. The molecule has 3 rings (SSSR count). The minimum absolute atomic E-state index is 0.307. The highest BCUT2D eigenvalue weighted by Crippen LogP contribution is 2.25. The fraction of sp³-hybridized carbons (Fsp3) is 0.176. The first kappa shape index (κ1) is 13.6. The summed E-state index contributed by atoms with van der Waals surface area (Å²) in [5, 5.41) is 8.98. The van der Waals surface area contributed by atoms with Crippen molar-refractivity contribution < 1.29 is 0 Å². The molecule has 1 heterocycles. The van der Waals surface area contributed by atoms with Crippen LogP contribution in [0.3, 0.4) is 0 Å². The highest BCUT2D eigenvalue weighted by atomic mass is 35.5. The molecule has 0 bridgehead atoms. The first-order valence-electron chi connectivity index (χ1n) is 6.68. The molecule has 3 heteroatoms. The Morgan fingerprint density at radius 2 is 1.95 bits per heavy atom. The lowest BCUT2D eigenvalue weighted by molar-refractivity contribution is 0.582. The van der Waals surface area contributed by atoms with Gasteiger partial charge in [0.1, 0.15) is 0 Å². The number of hydrogen-bond acceptors (Lipinski definition) is 2. The van der Waals surface area contributed by atoms with Gasteiger partial charge in [-0.3, -0.25) is 0 Å². The molecule has 3 aromatic rings. The van der Waals surface area contributed by atoms with Gasteiger partial charge in [0.15, 0.2) is 0 Å². The first-order valence-corrected chi connectivity index (χ1v) is 7.94. The number of nitrogens with one attached hydrogen (secondary N) is 1. The maximum Gasteiger partial charge on any atom is 0.0516 e. The summed E-state index contributed by atoms with van der Waals surface area (Å²) in [6.45, 7) is 3.05. The lowest BCUT2D eigenvalue weighted by Gasteiger charge is -2.16. The highest BCUT2D eigenvalue weighted by Gasteiger charge is 2.09. The van der Waals surface area contributed by atoms with Crippen molar-refractivity contribution in [1.82, 2.24) is 5.32 Å². The molecule has 1 N–H and O–H groups in total. The summed E-state index contributed by atoms with van der Waals surface area (Å²) in [5.41, 5.74) is 1.34. The van der Waals surface area contributed by atoms with Gasteiger partial charge in [-0.1, -0.05) is 54.1 Å². The van der Waals surface area contributed by atoms with Gasteiger partial charge >= 0.3 is 0 Å². The van der Waals surface area contributed by atoms with Crippen molar-refractivity contribution in [3.05, 3.63) is 69.4 Å². The molecular weight excluding hydrogens is 286 g/mol. The first-order chi connectivity index (χ1) is 9.74. The Kier molecular flexibility index (Phi) is 4.06. The van der Waals surface area contributed by atoms with Crippen LogP contribution in [0.4, 0.5) is 0 Å². The predicted octanol–water partition coefficient (Wildman–Crippen LogP) is 5.41. The third kappa shape index (κ3) is 2.88. The second-order valence-corrected chi connectivity index (χ2v) is 6.33. The van der Waals surface area contributed by atoms with Crippen LogP contribution in [-0.2, 0) is 6.54 Å². The van der Waals surface area contributed by atoms with E-state index in [0.29, 0.717) is 6.04 Å². The quantitative estimate of drug-likeness (QED) is 0.680. The molecule has 1 aromatic heterocycles. The molecule has 2 aromatic carbocycles. The molecular formula is C17H16ClNS. The Labute approximate surface area is 128 Å². The standard InChI is InChI=1S/C17H16ClNS/c1-12(19-10-15-9-14(18)11-20-15)16-8-4-6-13-5-2-3-7-17(13)16/h2-9,11-12,19H,10H2,1H3. The van der Waals surface area contributed by atoms with Gasteiger partial charge < -0.3 is 5.32 Å². The fourth-order valence-electron chi connectivity index (χ4n) is 2.44. The summed E-state index contributed by atoms with van der Waals surface area (Å²) in [6.07, 6.45) is 0. The van der Waals surface area contributed by atoms with Crippen molar-refractivity contribution in [2.24, 2.45) is 0 Å². The van der Waals surface area contributed by atoms with Gasteiger partial charge in [-0.2, -0.15) is 0 Å². The third-order valence-electron chi connectivity index (χ3n) is 3.49. The van der Waals surface area contributed by atoms with Crippen LogP contribution in [0.1, 0.15) is 23.4 Å². The van der Waals surface area contributed by atoms with Gasteiger partial charge in [-0.15, -0.1) is 11.3 Å². The number of halogens is 1. The van der Waals surface area contributed by atoms with E-state index in [1.165, 1.54) is 21.2 Å². The Balaban J connectivity index is 1.80. The molecule has 0 aliphatic rings. The molecule has 0 fully saturated rings. The molecule has 0 saturated carbocycles. The molecule has 0 radical (unpaired) electrons. The number of hydrogen-bond donors (Lipinski definition) is 1. The summed E-state index contributed by atoms with van der Waals surface area (Å²) >= 11 is 7.65. The van der Waals surface area contributed by atoms with Gasteiger partial charge in [0.2, 0.25) is 0 Å². The monoisotopic (exact) mass is 301 g/mol. The Morgan fingerprint density at radius 3 is 2.75 bits per heavy atom. The van der Waals surface area contributed by atoms with Crippen LogP contribution in [0.2, 0.25) is 5.02 Å². The average Bonchev–Trinajstić information content (AvgIpc) is 2.90. The normalized spacial score (nSPS) is 12.7. The topological polar surface area (TPSA) is 12.0 Å². The fourth-order valence-corrected chi connectivity index (χ4v) is 3.46. The van der Waals surface area contributed by atoms with Crippen LogP contribution in [0, 0.1) is 0 Å². The van der Waals surface area contributed by atoms with Gasteiger partial charge in [0.25, 0.3) is 0 Å². The molecule has 102 valence electrons. The summed E-state index contributed by atoms with van der Waals surface area (Å²) in [7, 11) is 0. The van der Waals surface area contributed by atoms with E-state index >= 15 is 0 Å². The largest absolute Gasteiger partial charge is 0.305 e. The number of fused-ring (bicyclic) bond motifs is 1. The van der Waals surface area contributed by atoms with Gasteiger partial charge in [0.05, 0.1) is 5.02 Å². The van der Waals surface area contributed by atoms with E-state index in [1.54, 1.807) is 11.3 Å². The smallest absolute Gasteiger partial charge is 0.0516 e. The zero-order chi connectivity index (χ0) is 13.9. The number of thiophene rings is 1. The molecule has 0 spiro atoms. The Bertz CT molecular complexity index is 714. The SMILES string of the molecule is CC(NCc1cc(Cl)cs1)c1cccc2ccccc12. The maximum absolute atomic E-state index is 5.95. The lowest BCUT2D eigenvalue weighted by Crippen LogP contribution is -2.17. The van der Waals surface area contributed by atoms with Crippen molar-refractivity contribution in [2.75, 3.05) is 0 Å². The molecule has 0 saturated heterocycles. The summed E-state index contributed by atoms with van der Waals surface area (Å²) in [5.74, 6) is 0. The third-order valence-corrected chi connectivity index (χ3v) is 4.78. The van der Waals surface area contributed by atoms with E-state index in [2.05, 4.69) is 54.7 Å². The molecule has 1 nitrogen and oxygen atoms in total. The summed E-state index contributed by atoms with van der Waals surface area (Å²) < 4.78 is 0. The summed E-state index contributed by atoms with van der Waals surface area (Å²) in [6, 6.07) is 17.3. The number of rotatable bonds is 4. The second-order valence-electron chi connectivity index (χ2n) is 4.90. The van der Waals surface area contributed by atoms with Crippen LogP contribution in [0.5, 0.6) is 0 Å². The van der Waals surface area contributed by atoms with Gasteiger partial charge in [0, 0.05) is 22.8 Å². The maximum atomic E-state index is 5.95. The van der Waals surface area contributed by atoms with Crippen LogP contribution < -0.4 is 5.32 Å². The lowest BCUT2D eigenvalue weighted by atomic mass is 10.00. The van der Waals surface area contributed by atoms with Crippen molar-refractivity contribution in [1.29, 1.82) is 0 Å². The minimum Gasteiger partial charge on any atom is -0.305 e. The van der Waals surface area contributed by atoms with E-state index in [4.69, 9.17) is 11.6 Å². The van der Waals surface area contributed by atoms with E-state index in [-0.39, 0.29) is 0 Å². The van der Waals surface area contributed by atoms with Crippen LogP contribution in [0.25, 0.3) is 10.8 Å². The molecule has 0 aliphatic heterocycles. The number of benzene rings is 2. The van der Waals surface area contributed by atoms with Gasteiger partial charge in [-0.25, -0.2) is 0 Å². The van der Waals surface area contributed by atoms with E-state index < -0.39 is 0 Å². The van der Waals surface area contributed by atoms with E-state index in [0.717, 1.165) is 11.6 Å². The van der Waals surface area contributed by atoms with Crippen LogP contribution in [-0.4, -0.2) is 0 Å². The Morgan fingerprint density at radius 1 is 1.15 bits per heavy atom. The zero-order valence-corrected chi connectivity index (χ0v) is 12.8. The second kappa shape index (κ2) is 5.96. The molecule has 0 amide bonds. The molecule has 1 atom stereocenters. The average molecular weight is 302 g/mol. The zero-order valence-electron chi connectivity index (χ0n) is 11.3. The van der Waals surface area contributed by atoms with Crippen LogP contribution >= 0.6 is 22.9 Å². The minimum atomic E-state index is 0.307. The molecule has 0 aliphatic carbocycles. The predicted molar refractivity (Wildman–Crippen MR) is 88.5 cm³/mol. The van der Waals surface area contributed by atoms with E-state index in [9.17, 15) is 0 Å². The molecule has 1 unspecified atom stereocenters. The summed E-state index contributed by atoms with van der Waals surface area (Å²) in [4.78, 5) is 1.27. The highest BCUT2D eigenvalue weighted by molar-refractivity contribution is 7.10.